The van der Waals surface area contributed by atoms with E-state index >= 15 is 0 Å². The smallest absolute Gasteiger partial charge is 0.101 e. The van der Waals surface area contributed by atoms with E-state index in [-0.39, 0.29) is 0 Å². The first kappa shape index (κ1) is 13.0. The molecule has 1 unspecified atom stereocenters. The Morgan fingerprint density at radius 2 is 2.06 bits per heavy atom. The summed E-state index contributed by atoms with van der Waals surface area (Å²) in [7, 11) is 0. The molecule has 0 fully saturated rings. The van der Waals surface area contributed by atoms with E-state index in [0.717, 1.165) is 16.5 Å². The van der Waals surface area contributed by atoms with Gasteiger partial charge in [0.2, 0.25) is 0 Å². The fourth-order valence-electron chi connectivity index (χ4n) is 1.87. The lowest BCUT2D eigenvalue weighted by Gasteiger charge is -2.25. The fourth-order valence-corrected chi connectivity index (χ4v) is 1.87. The van der Waals surface area contributed by atoms with E-state index in [1.54, 1.807) is 6.20 Å². The zero-order valence-corrected chi connectivity index (χ0v) is 11.1. The Morgan fingerprint density at radius 3 is 2.78 bits per heavy atom. The van der Waals surface area contributed by atoms with Gasteiger partial charge in [-0.2, -0.15) is 0 Å². The van der Waals surface area contributed by atoms with Gasteiger partial charge in [-0.25, -0.2) is 0 Å². The highest BCUT2D eigenvalue weighted by molar-refractivity contribution is 5.78. The monoisotopic (exact) mass is 244 g/mol. The Hall–Kier alpha value is -1.45. The number of nitrogens with zero attached hydrogens (tertiary/aromatic N) is 1. The molecule has 0 spiro atoms. The molecular weight excluding hydrogens is 224 g/mol. The summed E-state index contributed by atoms with van der Waals surface area (Å²) in [5, 5.41) is 14.8. The van der Waals surface area contributed by atoms with Gasteiger partial charge in [0.15, 0.2) is 0 Å². The van der Waals surface area contributed by atoms with Crippen molar-refractivity contribution in [3.63, 3.8) is 0 Å². The number of hydrogen-bond donors (Lipinski definition) is 2. The number of nitrogens with one attached hydrogen (secondary N) is 1. The third-order valence-electron chi connectivity index (χ3n) is 3.07. The molecule has 0 aliphatic rings. The molecule has 0 radical (unpaired) electrons. The van der Waals surface area contributed by atoms with Crippen LogP contribution in [-0.2, 0) is 5.60 Å². The van der Waals surface area contributed by atoms with Gasteiger partial charge in [0.05, 0.1) is 5.52 Å². The quantitative estimate of drug-likeness (QED) is 0.868. The minimum atomic E-state index is -0.901. The molecule has 3 heteroatoms. The van der Waals surface area contributed by atoms with Crippen LogP contribution >= 0.6 is 0 Å². The standard InChI is InChI=1S/C15H20N2O/c1-11(2)17-10-15(3,18)13-8-12-6-4-5-7-14(12)16-9-13/h4-9,11,17-18H,10H2,1-3H3. The van der Waals surface area contributed by atoms with Gasteiger partial charge in [-0.15, -0.1) is 0 Å². The molecule has 0 amide bonds. The van der Waals surface area contributed by atoms with Gasteiger partial charge in [-0.05, 0) is 19.1 Å². The first-order valence-electron chi connectivity index (χ1n) is 6.30. The summed E-state index contributed by atoms with van der Waals surface area (Å²) in [5.41, 5.74) is 0.893. The summed E-state index contributed by atoms with van der Waals surface area (Å²) in [6.45, 7) is 6.46. The Bertz CT molecular complexity index is 535. The van der Waals surface area contributed by atoms with Gasteiger partial charge in [0.25, 0.3) is 0 Å². The van der Waals surface area contributed by atoms with Crippen LogP contribution < -0.4 is 5.32 Å². The van der Waals surface area contributed by atoms with E-state index in [0.29, 0.717) is 12.6 Å². The lowest BCUT2D eigenvalue weighted by molar-refractivity contribution is 0.0548. The normalized spacial score (nSPS) is 14.9. The topological polar surface area (TPSA) is 45.1 Å². The predicted molar refractivity (Wildman–Crippen MR) is 74.5 cm³/mol. The van der Waals surface area contributed by atoms with Crippen LogP contribution in [0.4, 0.5) is 0 Å². The van der Waals surface area contributed by atoms with Gasteiger partial charge in [-0.3, -0.25) is 4.98 Å². The molecule has 1 atom stereocenters. The number of rotatable bonds is 4. The van der Waals surface area contributed by atoms with Crippen molar-refractivity contribution < 1.29 is 5.11 Å². The fraction of sp³-hybridized carbons (Fsp3) is 0.400. The summed E-state index contributed by atoms with van der Waals surface area (Å²) in [4.78, 5) is 4.39. The molecule has 0 aliphatic carbocycles. The molecule has 2 aromatic rings. The predicted octanol–water partition coefficient (Wildman–Crippen LogP) is 2.44. The molecule has 3 nitrogen and oxygen atoms in total. The van der Waals surface area contributed by atoms with Crippen LogP contribution in [0.25, 0.3) is 10.9 Å². The van der Waals surface area contributed by atoms with Gasteiger partial charge in [0, 0.05) is 29.7 Å². The molecule has 0 saturated carbocycles. The lowest BCUT2D eigenvalue weighted by atomic mass is 9.96. The van der Waals surface area contributed by atoms with Crippen molar-refractivity contribution in [2.75, 3.05) is 6.54 Å². The Morgan fingerprint density at radius 1 is 1.33 bits per heavy atom. The highest BCUT2D eigenvalue weighted by Gasteiger charge is 2.23. The SMILES string of the molecule is CC(C)NCC(C)(O)c1cnc2ccccc2c1. The maximum absolute atomic E-state index is 10.5. The van der Waals surface area contributed by atoms with E-state index in [1.165, 1.54) is 0 Å². The van der Waals surface area contributed by atoms with Crippen molar-refractivity contribution in [1.29, 1.82) is 0 Å². The van der Waals surface area contributed by atoms with Crippen LogP contribution in [0.15, 0.2) is 36.5 Å². The van der Waals surface area contributed by atoms with Crippen molar-refractivity contribution in [3.8, 4) is 0 Å². The van der Waals surface area contributed by atoms with E-state index in [9.17, 15) is 5.11 Å². The summed E-state index contributed by atoms with van der Waals surface area (Å²) in [6.07, 6.45) is 1.75. The molecule has 0 saturated heterocycles. The lowest BCUT2D eigenvalue weighted by Crippen LogP contribution is -2.38. The largest absolute Gasteiger partial charge is 0.384 e. The summed E-state index contributed by atoms with van der Waals surface area (Å²) < 4.78 is 0. The first-order chi connectivity index (χ1) is 8.49. The second kappa shape index (κ2) is 5.04. The number of pyridine rings is 1. The molecule has 1 heterocycles. The van der Waals surface area contributed by atoms with Gasteiger partial charge >= 0.3 is 0 Å². The molecule has 2 N–H and O–H groups in total. The maximum Gasteiger partial charge on any atom is 0.101 e. The average molecular weight is 244 g/mol. The Labute approximate surface area is 108 Å². The van der Waals surface area contributed by atoms with Gasteiger partial charge in [-0.1, -0.05) is 32.0 Å². The highest BCUT2D eigenvalue weighted by atomic mass is 16.3. The second-order valence-corrected chi connectivity index (χ2v) is 5.23. The molecule has 96 valence electrons. The van der Waals surface area contributed by atoms with Crippen LogP contribution in [0.2, 0.25) is 0 Å². The van der Waals surface area contributed by atoms with Crippen LogP contribution in [0.5, 0.6) is 0 Å². The third kappa shape index (κ3) is 2.86. The van der Waals surface area contributed by atoms with E-state index in [1.807, 2.05) is 37.3 Å². The highest BCUT2D eigenvalue weighted by Crippen LogP contribution is 2.22. The van der Waals surface area contributed by atoms with Crippen molar-refractivity contribution >= 4 is 10.9 Å². The number of benzene rings is 1. The van der Waals surface area contributed by atoms with Crippen LogP contribution in [0.1, 0.15) is 26.3 Å². The molecular formula is C15H20N2O. The minimum absolute atomic E-state index is 0.352. The minimum Gasteiger partial charge on any atom is -0.384 e. The van der Waals surface area contributed by atoms with Gasteiger partial charge < -0.3 is 10.4 Å². The van der Waals surface area contributed by atoms with Crippen LogP contribution in [0.3, 0.4) is 0 Å². The molecule has 0 bridgehead atoms. The number of hydrogen-bond acceptors (Lipinski definition) is 3. The number of para-hydroxylation sites is 1. The molecule has 18 heavy (non-hydrogen) atoms. The molecule has 1 aromatic carbocycles. The van der Waals surface area contributed by atoms with Crippen LogP contribution in [-0.4, -0.2) is 22.7 Å². The third-order valence-corrected chi connectivity index (χ3v) is 3.07. The zero-order valence-electron chi connectivity index (χ0n) is 11.1. The van der Waals surface area contributed by atoms with Crippen molar-refractivity contribution in [2.24, 2.45) is 0 Å². The van der Waals surface area contributed by atoms with Crippen LogP contribution in [0, 0.1) is 0 Å². The second-order valence-electron chi connectivity index (χ2n) is 5.23. The van der Waals surface area contributed by atoms with E-state index in [4.69, 9.17) is 0 Å². The number of fused-ring (bicyclic) bond motifs is 1. The van der Waals surface area contributed by atoms with E-state index < -0.39 is 5.60 Å². The summed E-state index contributed by atoms with van der Waals surface area (Å²) in [5.74, 6) is 0. The Balaban J connectivity index is 2.29. The number of aromatic nitrogens is 1. The number of aliphatic hydroxyl groups is 1. The Kier molecular flexibility index (Phi) is 3.64. The first-order valence-corrected chi connectivity index (χ1v) is 6.30. The van der Waals surface area contributed by atoms with Crippen molar-refractivity contribution in [2.45, 2.75) is 32.4 Å². The molecule has 0 aliphatic heterocycles. The average Bonchev–Trinajstić information content (AvgIpc) is 2.36. The molecule has 2 rings (SSSR count). The van der Waals surface area contributed by atoms with Gasteiger partial charge in [0.1, 0.15) is 5.60 Å². The zero-order chi connectivity index (χ0) is 13.2. The maximum atomic E-state index is 10.5. The van der Waals surface area contributed by atoms with Crippen molar-refractivity contribution in [3.05, 3.63) is 42.1 Å². The van der Waals surface area contributed by atoms with Crippen molar-refractivity contribution in [1.82, 2.24) is 10.3 Å². The molecule has 1 aromatic heterocycles. The summed E-state index contributed by atoms with van der Waals surface area (Å²) >= 11 is 0. The van der Waals surface area contributed by atoms with E-state index in [2.05, 4.69) is 24.1 Å². The summed E-state index contributed by atoms with van der Waals surface area (Å²) in [6, 6.07) is 10.3.